The molecule has 3 rings (SSSR count). The van der Waals surface area contributed by atoms with Crippen LogP contribution in [-0.4, -0.2) is 5.91 Å². The number of aryl methyl sites for hydroxylation is 2. The first-order valence-corrected chi connectivity index (χ1v) is 8.47. The first-order chi connectivity index (χ1) is 10.2. The van der Waals surface area contributed by atoms with Gasteiger partial charge in [0.1, 0.15) is 0 Å². The maximum atomic E-state index is 12.4. The quantitative estimate of drug-likeness (QED) is 0.864. The van der Waals surface area contributed by atoms with Gasteiger partial charge in [-0.2, -0.15) is 0 Å². The lowest BCUT2D eigenvalue weighted by Gasteiger charge is -2.19. The van der Waals surface area contributed by atoms with Gasteiger partial charge in [-0.3, -0.25) is 4.79 Å². The van der Waals surface area contributed by atoms with Gasteiger partial charge < -0.3 is 5.32 Å². The minimum Gasteiger partial charge on any atom is -0.321 e. The molecule has 1 amide bonds. The van der Waals surface area contributed by atoms with Crippen LogP contribution < -0.4 is 5.32 Å². The number of thiophene rings is 1. The maximum absolute atomic E-state index is 12.4. The summed E-state index contributed by atoms with van der Waals surface area (Å²) >= 11 is 1.67. The first-order valence-electron chi connectivity index (χ1n) is 7.66. The van der Waals surface area contributed by atoms with Crippen LogP contribution in [0.3, 0.4) is 0 Å². The monoisotopic (exact) mass is 299 g/mol. The van der Waals surface area contributed by atoms with Gasteiger partial charge in [-0.05, 0) is 55.4 Å². The molecule has 3 heteroatoms. The molecule has 1 heterocycles. The van der Waals surface area contributed by atoms with E-state index < -0.39 is 0 Å². The van der Waals surface area contributed by atoms with Crippen LogP contribution in [0.2, 0.25) is 0 Å². The van der Waals surface area contributed by atoms with Crippen molar-refractivity contribution in [2.24, 2.45) is 5.92 Å². The molecular weight excluding hydrogens is 278 g/mol. The molecule has 0 saturated carbocycles. The first kappa shape index (κ1) is 14.3. The highest BCUT2D eigenvalue weighted by molar-refractivity contribution is 7.14. The number of benzene rings is 1. The molecule has 1 aromatic heterocycles. The molecule has 0 radical (unpaired) electrons. The molecular formula is C18H21NOS. The van der Waals surface area contributed by atoms with E-state index in [1.54, 1.807) is 11.3 Å². The molecule has 21 heavy (non-hydrogen) atoms. The van der Waals surface area contributed by atoms with Crippen molar-refractivity contribution < 1.29 is 4.79 Å². The molecule has 1 atom stereocenters. The number of amides is 1. The van der Waals surface area contributed by atoms with Crippen molar-refractivity contribution in [3.05, 3.63) is 51.2 Å². The number of para-hydroxylation sites is 1. The zero-order valence-electron chi connectivity index (χ0n) is 12.6. The molecule has 1 aliphatic carbocycles. The summed E-state index contributed by atoms with van der Waals surface area (Å²) in [5.41, 5.74) is 3.39. The van der Waals surface area contributed by atoms with Crippen molar-refractivity contribution in [2.75, 3.05) is 5.32 Å². The van der Waals surface area contributed by atoms with E-state index in [9.17, 15) is 4.79 Å². The standard InChI is InChI=1S/C18H21NOS/c1-3-13-8-9-16-14(10-13)11-17(21-16)18(20)19-15-7-5-4-6-12(15)2/h4-7,11,13H,3,8-10H2,1-2H3,(H,19,20)/t13-/m0/s1. The van der Waals surface area contributed by atoms with Gasteiger partial charge in [0.2, 0.25) is 0 Å². The summed E-state index contributed by atoms with van der Waals surface area (Å²) in [4.78, 5) is 14.7. The van der Waals surface area contributed by atoms with Crippen molar-refractivity contribution in [2.45, 2.75) is 39.5 Å². The fraction of sp³-hybridized carbons (Fsp3) is 0.389. The Labute approximate surface area is 130 Å². The molecule has 0 bridgehead atoms. The Balaban J connectivity index is 1.77. The lowest BCUT2D eigenvalue weighted by molar-refractivity contribution is 0.103. The molecule has 0 saturated heterocycles. The molecule has 1 aromatic carbocycles. The van der Waals surface area contributed by atoms with Gasteiger partial charge in [0.15, 0.2) is 0 Å². The normalized spacial score (nSPS) is 17.3. The predicted octanol–water partition coefficient (Wildman–Crippen LogP) is 4.82. The third-order valence-corrected chi connectivity index (χ3v) is 5.62. The average molecular weight is 299 g/mol. The second-order valence-electron chi connectivity index (χ2n) is 5.85. The Morgan fingerprint density at radius 3 is 2.95 bits per heavy atom. The van der Waals surface area contributed by atoms with Crippen LogP contribution in [0.25, 0.3) is 0 Å². The fourth-order valence-electron chi connectivity index (χ4n) is 2.96. The maximum Gasteiger partial charge on any atom is 0.265 e. The third kappa shape index (κ3) is 3.03. The number of carbonyl (C=O) groups excluding carboxylic acids is 1. The Hall–Kier alpha value is -1.61. The van der Waals surface area contributed by atoms with Crippen molar-refractivity contribution >= 4 is 22.9 Å². The smallest absolute Gasteiger partial charge is 0.265 e. The number of fused-ring (bicyclic) bond motifs is 1. The van der Waals surface area contributed by atoms with Crippen molar-refractivity contribution in [3.8, 4) is 0 Å². The Morgan fingerprint density at radius 2 is 2.19 bits per heavy atom. The molecule has 1 aliphatic rings. The Morgan fingerprint density at radius 1 is 1.38 bits per heavy atom. The van der Waals surface area contributed by atoms with Crippen LogP contribution in [0.15, 0.2) is 30.3 Å². The Bertz CT molecular complexity index is 659. The molecule has 110 valence electrons. The van der Waals surface area contributed by atoms with Crippen LogP contribution in [0.4, 0.5) is 5.69 Å². The molecule has 2 aromatic rings. The topological polar surface area (TPSA) is 29.1 Å². The second kappa shape index (κ2) is 6.02. The number of carbonyl (C=O) groups is 1. The molecule has 2 nitrogen and oxygen atoms in total. The fourth-order valence-corrected chi connectivity index (χ4v) is 4.06. The number of hydrogen-bond acceptors (Lipinski definition) is 2. The van der Waals surface area contributed by atoms with Crippen LogP contribution in [0, 0.1) is 12.8 Å². The molecule has 0 aliphatic heterocycles. The summed E-state index contributed by atoms with van der Waals surface area (Å²) in [5.74, 6) is 0.816. The lowest BCUT2D eigenvalue weighted by atomic mass is 9.87. The van der Waals surface area contributed by atoms with E-state index >= 15 is 0 Å². The average Bonchev–Trinajstić information content (AvgIpc) is 2.92. The minimum atomic E-state index is 0.0248. The number of hydrogen-bond donors (Lipinski definition) is 1. The van der Waals surface area contributed by atoms with Crippen LogP contribution in [0.1, 0.15) is 45.4 Å². The van der Waals surface area contributed by atoms with Gasteiger partial charge in [-0.1, -0.05) is 31.5 Å². The van der Waals surface area contributed by atoms with Crippen molar-refractivity contribution in [1.29, 1.82) is 0 Å². The molecule has 1 N–H and O–H groups in total. The van der Waals surface area contributed by atoms with Crippen LogP contribution >= 0.6 is 11.3 Å². The summed E-state index contributed by atoms with van der Waals surface area (Å²) in [6, 6.07) is 10.0. The highest BCUT2D eigenvalue weighted by Crippen LogP contribution is 2.33. The summed E-state index contributed by atoms with van der Waals surface area (Å²) in [6.45, 7) is 4.27. The lowest BCUT2D eigenvalue weighted by Crippen LogP contribution is -2.11. The SMILES string of the molecule is CC[C@H]1CCc2sc(C(=O)Nc3ccccc3C)cc2C1. The van der Waals surface area contributed by atoms with Gasteiger partial charge >= 0.3 is 0 Å². The third-order valence-electron chi connectivity index (χ3n) is 4.38. The van der Waals surface area contributed by atoms with Crippen molar-refractivity contribution in [1.82, 2.24) is 0 Å². The Kier molecular flexibility index (Phi) is 4.11. The zero-order chi connectivity index (χ0) is 14.8. The summed E-state index contributed by atoms with van der Waals surface area (Å²) in [6.07, 6.45) is 4.78. The summed E-state index contributed by atoms with van der Waals surface area (Å²) in [7, 11) is 0. The highest BCUT2D eigenvalue weighted by atomic mass is 32.1. The number of nitrogens with one attached hydrogen (secondary N) is 1. The van der Waals surface area contributed by atoms with Crippen molar-refractivity contribution in [3.63, 3.8) is 0 Å². The van der Waals surface area contributed by atoms with Gasteiger partial charge in [0.05, 0.1) is 4.88 Å². The van der Waals surface area contributed by atoms with E-state index in [-0.39, 0.29) is 5.91 Å². The van der Waals surface area contributed by atoms with Gasteiger partial charge in [-0.25, -0.2) is 0 Å². The van der Waals surface area contributed by atoms with E-state index in [2.05, 4.69) is 18.3 Å². The zero-order valence-corrected chi connectivity index (χ0v) is 13.4. The largest absolute Gasteiger partial charge is 0.321 e. The molecule has 0 unspecified atom stereocenters. The minimum absolute atomic E-state index is 0.0248. The van der Waals surface area contributed by atoms with E-state index in [0.717, 1.165) is 34.9 Å². The van der Waals surface area contributed by atoms with Crippen LogP contribution in [-0.2, 0) is 12.8 Å². The van der Waals surface area contributed by atoms with Crippen LogP contribution in [0.5, 0.6) is 0 Å². The van der Waals surface area contributed by atoms with E-state index in [1.807, 2.05) is 31.2 Å². The number of anilines is 1. The van der Waals surface area contributed by atoms with Gasteiger partial charge in [0, 0.05) is 10.6 Å². The summed E-state index contributed by atoms with van der Waals surface area (Å²) in [5, 5.41) is 3.03. The van der Waals surface area contributed by atoms with Gasteiger partial charge in [0.25, 0.3) is 5.91 Å². The van der Waals surface area contributed by atoms with Gasteiger partial charge in [-0.15, -0.1) is 11.3 Å². The second-order valence-corrected chi connectivity index (χ2v) is 6.98. The highest BCUT2D eigenvalue weighted by Gasteiger charge is 2.22. The van der Waals surface area contributed by atoms with E-state index in [0.29, 0.717) is 0 Å². The number of rotatable bonds is 3. The molecule has 0 fully saturated rings. The van der Waals surface area contributed by atoms with E-state index in [4.69, 9.17) is 0 Å². The predicted molar refractivity (Wildman–Crippen MR) is 89.3 cm³/mol. The molecule has 0 spiro atoms. The summed E-state index contributed by atoms with van der Waals surface area (Å²) < 4.78 is 0. The van der Waals surface area contributed by atoms with E-state index in [1.165, 1.54) is 23.3 Å².